The van der Waals surface area contributed by atoms with Crippen LogP contribution in [0.25, 0.3) is 0 Å². The lowest BCUT2D eigenvalue weighted by atomic mass is 10.1. The van der Waals surface area contributed by atoms with Gasteiger partial charge < -0.3 is 14.2 Å². The van der Waals surface area contributed by atoms with Gasteiger partial charge in [0.05, 0.1) is 20.3 Å². The summed E-state index contributed by atoms with van der Waals surface area (Å²) in [6.45, 7) is 5.93. The summed E-state index contributed by atoms with van der Waals surface area (Å²) >= 11 is 0. The van der Waals surface area contributed by atoms with Crippen molar-refractivity contribution in [3.63, 3.8) is 0 Å². The van der Waals surface area contributed by atoms with Crippen LogP contribution in [0.5, 0.6) is 5.75 Å². The third-order valence-corrected chi connectivity index (χ3v) is 3.69. The van der Waals surface area contributed by atoms with E-state index in [0.717, 1.165) is 5.75 Å². The fourth-order valence-electron chi connectivity index (χ4n) is 1.93. The number of benzene rings is 2. The first-order chi connectivity index (χ1) is 13.8. The largest absolute Gasteiger partial charge is 0.497 e. The summed E-state index contributed by atoms with van der Waals surface area (Å²) in [4.78, 5) is 32.5. The minimum atomic E-state index is 0. The summed E-state index contributed by atoms with van der Waals surface area (Å²) in [6.07, 6.45) is 0. The van der Waals surface area contributed by atoms with E-state index in [-0.39, 0.29) is 61.9 Å². The molecule has 0 aromatic heterocycles. The predicted molar refractivity (Wildman–Crippen MR) is 154 cm³/mol. The van der Waals surface area contributed by atoms with Crippen LogP contribution < -0.4 is 4.74 Å². The zero-order chi connectivity index (χ0) is 22.2. The highest BCUT2D eigenvalue weighted by atomic mass is 16.5. The number of ether oxygens (including phenoxy) is 3. The van der Waals surface area contributed by atoms with E-state index in [1.54, 1.807) is 76.8 Å². The van der Waals surface area contributed by atoms with Gasteiger partial charge in [0.25, 0.3) is 0 Å². The van der Waals surface area contributed by atoms with Crippen molar-refractivity contribution in [3.05, 3.63) is 65.2 Å². The fourth-order valence-corrected chi connectivity index (χ4v) is 1.93. The summed E-state index contributed by atoms with van der Waals surface area (Å²) in [7, 11) is 4.90. The Bertz CT molecular complexity index is 713. The molecule has 0 radical (unpaired) electrons. The van der Waals surface area contributed by atoms with Gasteiger partial charge in [0, 0.05) is 30.9 Å². The number of rotatable bonds is 7. The molecule has 2 aromatic carbocycles. The average Bonchev–Trinajstić information content (AvgIpc) is 2.73. The van der Waals surface area contributed by atoms with E-state index in [0.29, 0.717) is 29.9 Å². The molecule has 0 spiro atoms. The molecule has 2 rings (SSSR count). The number of carbonyl (C=O) groups is 3. The Morgan fingerprint density at radius 2 is 0.743 bits per heavy atom. The Kier molecular flexibility index (Phi) is 41.2. The third kappa shape index (κ3) is 22.7. The van der Waals surface area contributed by atoms with Gasteiger partial charge in [-0.05, 0) is 45.0 Å². The Morgan fingerprint density at radius 3 is 0.914 bits per heavy atom. The normalized spacial score (nSPS) is 7.71. The summed E-state index contributed by atoms with van der Waals surface area (Å²) in [5.41, 5.74) is 1.99. The van der Waals surface area contributed by atoms with Gasteiger partial charge in [0.15, 0.2) is 17.3 Å². The lowest BCUT2D eigenvalue weighted by Crippen LogP contribution is -1.96. The quantitative estimate of drug-likeness (QED) is 0.283. The second kappa shape index (κ2) is 29.2. The summed E-state index contributed by atoms with van der Waals surface area (Å²) in [6, 6.07) is 13.7. The first-order valence-corrected chi connectivity index (χ1v) is 9.01. The van der Waals surface area contributed by atoms with Gasteiger partial charge in [0.2, 0.25) is 0 Å². The highest BCUT2D eigenvalue weighted by Gasteiger charge is 2.01. The average molecular weight is 499 g/mol. The number of hydrogen-bond donors (Lipinski definition) is 0. The van der Waals surface area contributed by atoms with E-state index in [4.69, 9.17) is 4.74 Å². The monoisotopic (exact) mass is 498 g/mol. The van der Waals surface area contributed by atoms with E-state index in [9.17, 15) is 14.4 Å². The highest BCUT2D eigenvalue weighted by Crippen LogP contribution is 2.11. The number of methoxy groups -OCH3 is 3. The molecule has 0 aliphatic carbocycles. The zero-order valence-corrected chi connectivity index (χ0v) is 18.0. The second-order valence-corrected chi connectivity index (χ2v) is 5.96. The summed E-state index contributed by atoms with van der Waals surface area (Å²) in [5, 5.41) is 0. The van der Waals surface area contributed by atoms with Crippen LogP contribution in [0.1, 0.15) is 96.4 Å². The molecule has 0 atom stereocenters. The number of Topliss-reactive ketones (excluding diaryl/α,β-unsaturated/α-hetero) is 3. The van der Waals surface area contributed by atoms with Gasteiger partial charge in [0.1, 0.15) is 5.75 Å². The number of hydrogen-bond acceptors (Lipinski definition) is 6. The van der Waals surface area contributed by atoms with Crippen molar-refractivity contribution in [2.45, 2.75) is 65.3 Å². The van der Waals surface area contributed by atoms with Gasteiger partial charge in [-0.3, -0.25) is 14.4 Å². The van der Waals surface area contributed by atoms with Crippen molar-refractivity contribution in [2.24, 2.45) is 0 Å². The Balaban J connectivity index is -0.0000000645. The maximum absolute atomic E-state index is 10.8. The van der Waals surface area contributed by atoms with E-state index < -0.39 is 0 Å². The van der Waals surface area contributed by atoms with Crippen LogP contribution in [-0.2, 0) is 9.47 Å². The number of carbonyl (C=O) groups excluding carboxylic acids is 3. The molecule has 0 unspecified atom stereocenters. The molecule has 0 heterocycles. The van der Waals surface area contributed by atoms with Gasteiger partial charge >= 0.3 is 0 Å². The maximum atomic E-state index is 10.8. The molecule has 6 heteroatoms. The molecule has 0 N–H and O–H groups in total. The third-order valence-electron chi connectivity index (χ3n) is 3.69. The van der Waals surface area contributed by atoms with Crippen molar-refractivity contribution in [1.82, 2.24) is 0 Å². The van der Waals surface area contributed by atoms with Gasteiger partial charge in [-0.1, -0.05) is 68.8 Å². The van der Waals surface area contributed by atoms with Crippen molar-refractivity contribution in [2.75, 3.05) is 34.5 Å². The van der Waals surface area contributed by atoms with Crippen molar-refractivity contribution in [1.29, 1.82) is 0 Å². The molecule has 0 fully saturated rings. The fraction of sp³-hybridized carbons (Fsp3) is 0.483. The van der Waals surface area contributed by atoms with Gasteiger partial charge in [-0.25, -0.2) is 0 Å². The first kappa shape index (κ1) is 49.3. The lowest BCUT2D eigenvalue weighted by molar-refractivity contribution is 0.100. The van der Waals surface area contributed by atoms with Crippen LogP contribution in [-0.4, -0.2) is 51.9 Å². The van der Waals surface area contributed by atoms with E-state index in [1.807, 2.05) is 0 Å². The second-order valence-electron chi connectivity index (χ2n) is 5.96. The van der Waals surface area contributed by atoms with Crippen LogP contribution in [0.2, 0.25) is 0 Å². The molecule has 0 amide bonds. The lowest BCUT2D eigenvalue weighted by Gasteiger charge is -1.98. The molecule has 6 nitrogen and oxygen atoms in total. The van der Waals surface area contributed by atoms with Crippen LogP contribution in [0.3, 0.4) is 0 Å². The SMILES string of the molecule is C.C.C.C.C.C.CC(=O)c1ccc(C(C)=O)cc1.COCCOC.COc1ccc(C(C)=O)cc1. The van der Waals surface area contributed by atoms with Crippen LogP contribution in [0.4, 0.5) is 0 Å². The molecule has 2 aromatic rings. The van der Waals surface area contributed by atoms with Crippen molar-refractivity contribution >= 4 is 17.3 Å². The molecule has 0 aliphatic heterocycles. The van der Waals surface area contributed by atoms with Crippen LogP contribution >= 0.6 is 0 Å². The first-order valence-electron chi connectivity index (χ1n) is 9.01. The summed E-state index contributed by atoms with van der Waals surface area (Å²) in [5.74, 6) is 0.887. The predicted octanol–water partition coefficient (Wildman–Crippen LogP) is 8.09. The van der Waals surface area contributed by atoms with Crippen LogP contribution in [0, 0.1) is 0 Å². The Labute approximate surface area is 217 Å². The molecular formula is C29H54O6. The van der Waals surface area contributed by atoms with E-state index in [2.05, 4.69) is 9.47 Å². The van der Waals surface area contributed by atoms with Crippen molar-refractivity contribution < 1.29 is 28.6 Å². The van der Waals surface area contributed by atoms with Gasteiger partial charge in [-0.2, -0.15) is 0 Å². The Hall–Kier alpha value is -2.83. The molecule has 206 valence electrons. The minimum absolute atomic E-state index is 0. The Morgan fingerprint density at radius 1 is 0.514 bits per heavy atom. The molecule has 0 aliphatic rings. The molecule has 0 saturated heterocycles. The zero-order valence-electron chi connectivity index (χ0n) is 18.0. The topological polar surface area (TPSA) is 78.9 Å². The molecule has 35 heavy (non-hydrogen) atoms. The summed E-state index contributed by atoms with van der Waals surface area (Å²) < 4.78 is 14.3. The highest BCUT2D eigenvalue weighted by molar-refractivity contribution is 5.97. The van der Waals surface area contributed by atoms with Crippen molar-refractivity contribution in [3.8, 4) is 5.75 Å². The van der Waals surface area contributed by atoms with E-state index >= 15 is 0 Å². The molecule has 0 bridgehead atoms. The molecule has 0 saturated carbocycles. The smallest absolute Gasteiger partial charge is 0.159 e. The molecular weight excluding hydrogens is 444 g/mol. The minimum Gasteiger partial charge on any atom is -0.497 e. The van der Waals surface area contributed by atoms with Gasteiger partial charge in [-0.15, -0.1) is 0 Å². The van der Waals surface area contributed by atoms with E-state index in [1.165, 1.54) is 13.8 Å². The standard InChI is InChI=1S/C10H10O2.C9H10O2.C4H10O2.6CH4/c1-7(11)9-3-5-10(6-4-9)8(2)12;1-7(10)8-3-5-9(11-2)6-4-8;1-5-3-4-6-2;;;;;;/h3-6H,1-2H3;3-6H,1-2H3;3-4H2,1-2H3;6*1H4. The maximum Gasteiger partial charge on any atom is 0.159 e. The van der Waals surface area contributed by atoms with Crippen LogP contribution in [0.15, 0.2) is 48.5 Å². The number of ketones is 3.